The summed E-state index contributed by atoms with van der Waals surface area (Å²) in [5, 5.41) is 2.64. The Bertz CT molecular complexity index is 1460. The highest BCUT2D eigenvalue weighted by Gasteiger charge is 2.52. The van der Waals surface area contributed by atoms with Gasteiger partial charge in [0.25, 0.3) is 11.8 Å². The van der Waals surface area contributed by atoms with Crippen molar-refractivity contribution in [3.63, 3.8) is 0 Å². The summed E-state index contributed by atoms with van der Waals surface area (Å²) in [7, 11) is 0. The molecule has 7 nitrogen and oxygen atoms in total. The van der Waals surface area contributed by atoms with Gasteiger partial charge in [0.1, 0.15) is 0 Å². The molecule has 1 aromatic carbocycles. The molecule has 10 heteroatoms. The molecular formula is C28H25BF2N4O3. The van der Waals surface area contributed by atoms with Gasteiger partial charge in [0.05, 0.1) is 0 Å². The molecule has 0 bridgehead atoms. The van der Waals surface area contributed by atoms with Crippen molar-refractivity contribution in [2.24, 2.45) is 0 Å². The molecule has 0 unspecified atom stereocenters. The smallest absolute Gasteiger partial charge is 0.394 e. The molecule has 0 saturated carbocycles. The highest BCUT2D eigenvalue weighted by molar-refractivity contribution is 6.58. The monoisotopic (exact) mass is 514 g/mol. The molecule has 0 fully saturated rings. The molecule has 3 amide bonds. The predicted molar refractivity (Wildman–Crippen MR) is 142 cm³/mol. The Kier molecular flexibility index (Phi) is 6.87. The second-order valence-electron chi connectivity index (χ2n) is 9.05. The second-order valence-corrected chi connectivity index (χ2v) is 9.05. The van der Waals surface area contributed by atoms with Crippen molar-refractivity contribution < 1.29 is 27.5 Å². The number of carbonyl (C=O) groups is 3. The van der Waals surface area contributed by atoms with Crippen LogP contribution in [0.25, 0.3) is 12.2 Å². The van der Waals surface area contributed by atoms with Crippen LogP contribution in [-0.2, 0) is 20.8 Å². The molecule has 5 rings (SSSR count). The molecule has 2 aromatic rings. The molecule has 38 heavy (non-hydrogen) atoms. The second kappa shape index (κ2) is 10.4. The fraction of sp³-hybridized carbons (Fsp3) is 0.143. The number of imide groups is 1. The molecule has 4 heterocycles. The van der Waals surface area contributed by atoms with Crippen molar-refractivity contribution in [3.05, 3.63) is 108 Å². The van der Waals surface area contributed by atoms with Gasteiger partial charge in [0, 0.05) is 61.7 Å². The lowest BCUT2D eigenvalue weighted by Crippen LogP contribution is -2.50. The predicted octanol–water partition coefficient (Wildman–Crippen LogP) is 3.33. The van der Waals surface area contributed by atoms with Crippen molar-refractivity contribution in [2.45, 2.75) is 12.8 Å². The van der Waals surface area contributed by atoms with E-state index >= 15 is 8.63 Å². The average Bonchev–Trinajstić information content (AvgIpc) is 3.60. The molecule has 192 valence electrons. The number of benzene rings is 1. The summed E-state index contributed by atoms with van der Waals surface area (Å²) in [5.74, 6) is -1.19. The quantitative estimate of drug-likeness (QED) is 0.317. The molecule has 0 radical (unpaired) electrons. The number of carbonyl (C=O) groups excluding carboxylic acids is 3. The van der Waals surface area contributed by atoms with Gasteiger partial charge < -0.3 is 22.9 Å². The fourth-order valence-corrected chi connectivity index (χ4v) is 4.74. The summed E-state index contributed by atoms with van der Waals surface area (Å²) in [5.41, 5.74) is 2.54. The van der Waals surface area contributed by atoms with Crippen LogP contribution in [-0.4, -0.2) is 57.4 Å². The van der Waals surface area contributed by atoms with Crippen LogP contribution < -0.4 is 5.32 Å². The summed E-state index contributed by atoms with van der Waals surface area (Å²) in [6, 6.07) is 12.9. The first kappa shape index (κ1) is 25.1. The molecular weight excluding hydrogens is 489 g/mol. The van der Waals surface area contributed by atoms with Crippen LogP contribution in [0.15, 0.2) is 90.7 Å². The van der Waals surface area contributed by atoms with Gasteiger partial charge in [-0.25, -0.2) is 0 Å². The van der Waals surface area contributed by atoms with E-state index in [0.29, 0.717) is 22.8 Å². The van der Waals surface area contributed by atoms with E-state index in [2.05, 4.69) is 5.32 Å². The minimum absolute atomic E-state index is 0.00860. The van der Waals surface area contributed by atoms with E-state index < -0.39 is 18.8 Å². The van der Waals surface area contributed by atoms with E-state index in [1.54, 1.807) is 42.5 Å². The SMILES string of the molecule is O=C(CCc1ccc2n1[B-](F)(F)[N+]1=C(/C=C/C=C/c3ccccc3)C=CC1=C2)NCCN1C(=O)C=CC1=O. The number of halogens is 2. The summed E-state index contributed by atoms with van der Waals surface area (Å²) >= 11 is 0. The van der Waals surface area contributed by atoms with Crippen molar-refractivity contribution >= 4 is 42.6 Å². The molecule has 0 saturated heterocycles. The van der Waals surface area contributed by atoms with Gasteiger partial charge in [0.2, 0.25) is 5.91 Å². The van der Waals surface area contributed by atoms with Crippen LogP contribution in [0.3, 0.4) is 0 Å². The van der Waals surface area contributed by atoms with E-state index in [4.69, 9.17) is 0 Å². The number of amides is 3. The Morgan fingerprint density at radius 2 is 1.68 bits per heavy atom. The molecule has 0 spiro atoms. The van der Waals surface area contributed by atoms with Gasteiger partial charge in [-0.2, -0.15) is 0 Å². The Balaban J connectivity index is 1.25. The van der Waals surface area contributed by atoms with Crippen molar-refractivity contribution in [1.29, 1.82) is 0 Å². The number of hydrogen-bond donors (Lipinski definition) is 1. The van der Waals surface area contributed by atoms with Gasteiger partial charge in [-0.3, -0.25) is 19.3 Å². The molecule has 3 aliphatic heterocycles. The number of fused-ring (bicyclic) bond motifs is 2. The third-order valence-corrected chi connectivity index (χ3v) is 6.57. The van der Waals surface area contributed by atoms with Crippen LogP contribution in [0.2, 0.25) is 0 Å². The van der Waals surface area contributed by atoms with E-state index in [0.717, 1.165) is 19.4 Å². The van der Waals surface area contributed by atoms with Gasteiger partial charge in [-0.05, 0) is 29.8 Å². The van der Waals surface area contributed by atoms with Crippen molar-refractivity contribution in [3.8, 4) is 0 Å². The first-order chi connectivity index (χ1) is 18.3. The number of nitrogens with one attached hydrogen (secondary N) is 1. The number of hydrogen-bond acceptors (Lipinski definition) is 3. The standard InChI is InChI=1S/C28H25BF2N4O3/c30-29(31)34-22(9-5-4-8-21-6-2-1-3-7-21)10-12-24(34)20-25-13-11-23(35(25)29)14-15-26(36)32-18-19-33-27(37)16-17-28(33)38/h1-13,16-17,20H,14-15,18-19H2,(H,32,36)/b8-4+,9-5+. The van der Waals surface area contributed by atoms with Crippen LogP contribution >= 0.6 is 0 Å². The summed E-state index contributed by atoms with van der Waals surface area (Å²) in [6.45, 7) is -4.03. The highest BCUT2D eigenvalue weighted by Crippen LogP contribution is 2.33. The number of nitrogens with zero attached hydrogens (tertiary/aromatic N) is 3. The number of rotatable bonds is 9. The molecule has 0 atom stereocenters. The maximum absolute atomic E-state index is 15.9. The Hall–Kier alpha value is -4.60. The third-order valence-electron chi connectivity index (χ3n) is 6.57. The van der Waals surface area contributed by atoms with Gasteiger partial charge in [-0.1, -0.05) is 48.6 Å². The largest absolute Gasteiger partial charge is 0.737 e. The fourth-order valence-electron chi connectivity index (χ4n) is 4.74. The van der Waals surface area contributed by atoms with Crippen molar-refractivity contribution in [1.82, 2.24) is 14.7 Å². The zero-order chi connectivity index (χ0) is 26.7. The van der Waals surface area contributed by atoms with Crippen LogP contribution in [0.4, 0.5) is 8.63 Å². The van der Waals surface area contributed by atoms with Gasteiger partial charge in [-0.15, -0.1) is 0 Å². The van der Waals surface area contributed by atoms with Gasteiger partial charge in [0.15, 0.2) is 11.4 Å². The van der Waals surface area contributed by atoms with Crippen LogP contribution in [0.1, 0.15) is 23.4 Å². The van der Waals surface area contributed by atoms with E-state index in [9.17, 15) is 14.4 Å². The average molecular weight is 514 g/mol. The van der Waals surface area contributed by atoms with E-state index in [1.807, 2.05) is 42.5 Å². The maximum atomic E-state index is 15.9. The molecule has 3 aliphatic rings. The third kappa shape index (κ3) is 4.97. The zero-order valence-electron chi connectivity index (χ0n) is 20.5. The number of allylic oxidation sites excluding steroid dienone is 5. The lowest BCUT2D eigenvalue weighted by Gasteiger charge is -2.30. The summed E-state index contributed by atoms with van der Waals surface area (Å²) in [4.78, 5) is 36.5. The normalized spacial score (nSPS) is 17.6. The Morgan fingerprint density at radius 1 is 0.947 bits per heavy atom. The zero-order valence-corrected chi connectivity index (χ0v) is 20.5. The Labute approximate surface area is 218 Å². The minimum Gasteiger partial charge on any atom is -0.394 e. The van der Waals surface area contributed by atoms with Crippen molar-refractivity contribution in [2.75, 3.05) is 13.1 Å². The number of aromatic nitrogens is 1. The highest BCUT2D eigenvalue weighted by atomic mass is 19.2. The minimum atomic E-state index is -4.18. The topological polar surface area (TPSA) is 74.4 Å². The summed E-state index contributed by atoms with van der Waals surface area (Å²) < 4.78 is 33.8. The van der Waals surface area contributed by atoms with Crippen LogP contribution in [0.5, 0.6) is 0 Å². The Morgan fingerprint density at radius 3 is 2.45 bits per heavy atom. The van der Waals surface area contributed by atoms with Crippen LogP contribution in [0, 0.1) is 0 Å². The lowest BCUT2D eigenvalue weighted by molar-refractivity contribution is -0.360. The molecule has 1 aromatic heterocycles. The maximum Gasteiger partial charge on any atom is 0.737 e. The van der Waals surface area contributed by atoms with Gasteiger partial charge >= 0.3 is 6.97 Å². The number of aryl methyl sites for hydroxylation is 1. The molecule has 0 aliphatic carbocycles. The van der Waals surface area contributed by atoms with E-state index in [1.165, 1.54) is 12.2 Å². The van der Waals surface area contributed by atoms with E-state index in [-0.39, 0.29) is 31.8 Å². The summed E-state index contributed by atoms with van der Waals surface area (Å²) in [6.07, 6.45) is 14.6. The lowest BCUT2D eigenvalue weighted by atomic mass is 9.90. The first-order valence-electron chi connectivity index (χ1n) is 12.3. The molecule has 1 N–H and O–H groups in total. The first-order valence-corrected chi connectivity index (χ1v) is 12.3.